The number of hydrogen-bond acceptors (Lipinski definition) is 2. The van der Waals surface area contributed by atoms with Gasteiger partial charge in [0.25, 0.3) is 0 Å². The first kappa shape index (κ1) is 17.5. The van der Waals surface area contributed by atoms with E-state index in [0.29, 0.717) is 0 Å². The fraction of sp³-hybridized carbons (Fsp3) is 0.917. The van der Waals surface area contributed by atoms with Gasteiger partial charge in [0.15, 0.2) is 0 Å². The minimum atomic E-state index is -0.925. The molecule has 0 fully saturated rings. The smallest absolute Gasteiger partial charge is 0.550 e. The van der Waals surface area contributed by atoms with Crippen LogP contribution < -0.4 is 24.0 Å². The maximum Gasteiger partial charge on any atom is 1.00 e. The Bertz CT molecular complexity index is 167. The van der Waals surface area contributed by atoms with Gasteiger partial charge in [-0.25, -0.2) is 0 Å². The quantitative estimate of drug-likeness (QED) is 0.397. The molecule has 0 aliphatic heterocycles. The zero-order chi connectivity index (χ0) is 11.0. The Balaban J connectivity index is 0. The first-order chi connectivity index (χ1) is 6.50. The van der Waals surface area contributed by atoms with Crippen LogP contribution in [0.5, 0.6) is 0 Å². The fourth-order valence-electron chi connectivity index (χ4n) is 1.45. The van der Waals surface area contributed by atoms with E-state index in [1.54, 1.807) is 13.8 Å². The molecular weight excluding hydrogens is 183 g/mol. The van der Waals surface area contributed by atoms with Gasteiger partial charge in [0.1, 0.15) is 0 Å². The van der Waals surface area contributed by atoms with Crippen LogP contribution in [0.1, 0.15) is 65.7 Å². The van der Waals surface area contributed by atoms with E-state index in [-0.39, 0.29) is 18.9 Å². The van der Waals surface area contributed by atoms with Gasteiger partial charge >= 0.3 is 18.9 Å². The summed E-state index contributed by atoms with van der Waals surface area (Å²) in [5, 5.41) is 10.7. The summed E-state index contributed by atoms with van der Waals surface area (Å²) in [5.41, 5.74) is -0.648. The van der Waals surface area contributed by atoms with E-state index in [1.807, 2.05) is 0 Å². The van der Waals surface area contributed by atoms with Gasteiger partial charge in [-0.2, -0.15) is 0 Å². The van der Waals surface area contributed by atoms with Crippen LogP contribution in [0.4, 0.5) is 0 Å². The van der Waals surface area contributed by atoms with Gasteiger partial charge in [-0.1, -0.05) is 59.3 Å². The fourth-order valence-corrected chi connectivity index (χ4v) is 1.45. The molecule has 0 amide bonds. The topological polar surface area (TPSA) is 40.1 Å². The van der Waals surface area contributed by atoms with E-state index >= 15 is 0 Å². The number of rotatable bonds is 8. The third kappa shape index (κ3) is 9.02. The normalized spacial score (nSPS) is 10.9. The number of hydrogen-bond donors (Lipinski definition) is 0. The maximum atomic E-state index is 10.7. The molecule has 0 unspecified atom stereocenters. The van der Waals surface area contributed by atoms with Crippen LogP contribution in [0.3, 0.4) is 0 Å². The largest absolute Gasteiger partial charge is 1.00 e. The van der Waals surface area contributed by atoms with Crippen LogP contribution in [0.2, 0.25) is 0 Å². The average Bonchev–Trinajstić information content (AvgIpc) is 2.10. The summed E-state index contributed by atoms with van der Waals surface area (Å²) in [6.07, 6.45) is 7.95. The van der Waals surface area contributed by atoms with Crippen molar-refractivity contribution in [2.45, 2.75) is 65.7 Å². The van der Waals surface area contributed by atoms with Crippen molar-refractivity contribution in [2.75, 3.05) is 0 Å². The number of aliphatic carboxylic acids is 1. The Kier molecular flexibility index (Phi) is 10.8. The molecular formula is C12H23LiO2. The number of carboxylic acid groups (broad SMARTS) is 1. The Morgan fingerprint density at radius 1 is 1.07 bits per heavy atom. The molecule has 0 aliphatic carbocycles. The van der Waals surface area contributed by atoms with Crippen LogP contribution in [0.15, 0.2) is 0 Å². The minimum absolute atomic E-state index is 0. The summed E-state index contributed by atoms with van der Waals surface area (Å²) in [5.74, 6) is -0.925. The molecule has 0 radical (unpaired) electrons. The number of unbranched alkanes of at least 4 members (excludes halogenated alkanes) is 5. The first-order valence-corrected chi connectivity index (χ1v) is 5.72. The Morgan fingerprint density at radius 3 is 2.00 bits per heavy atom. The molecule has 0 rings (SSSR count). The zero-order valence-electron chi connectivity index (χ0n) is 10.8. The molecule has 0 heterocycles. The van der Waals surface area contributed by atoms with Crippen molar-refractivity contribution in [2.24, 2.45) is 5.41 Å². The molecule has 0 atom stereocenters. The third-order valence-corrected chi connectivity index (χ3v) is 2.71. The maximum absolute atomic E-state index is 10.7. The molecule has 0 saturated carbocycles. The molecule has 0 aliphatic rings. The summed E-state index contributed by atoms with van der Waals surface area (Å²) < 4.78 is 0. The molecule has 0 N–H and O–H groups in total. The molecule has 0 bridgehead atoms. The van der Waals surface area contributed by atoms with Crippen LogP contribution in [-0.4, -0.2) is 5.97 Å². The van der Waals surface area contributed by atoms with Gasteiger partial charge in [-0.15, -0.1) is 0 Å². The van der Waals surface area contributed by atoms with Crippen molar-refractivity contribution in [3.05, 3.63) is 0 Å². The van der Waals surface area contributed by atoms with Gasteiger partial charge in [0.05, 0.1) is 0 Å². The predicted octanol–water partition coefficient (Wildman–Crippen LogP) is -0.483. The number of carbonyl (C=O) groups excluding carboxylic acids is 1. The SMILES string of the molecule is CCCCCCCCC(C)(C)C(=O)[O-].[Li+]. The Morgan fingerprint density at radius 2 is 1.53 bits per heavy atom. The Labute approximate surface area is 106 Å². The molecule has 84 valence electrons. The van der Waals surface area contributed by atoms with Crippen LogP contribution in [-0.2, 0) is 4.79 Å². The molecule has 0 spiro atoms. The van der Waals surface area contributed by atoms with Crippen molar-refractivity contribution < 1.29 is 28.8 Å². The van der Waals surface area contributed by atoms with E-state index in [4.69, 9.17) is 0 Å². The van der Waals surface area contributed by atoms with Crippen molar-refractivity contribution in [3.63, 3.8) is 0 Å². The monoisotopic (exact) mass is 206 g/mol. The molecule has 0 saturated heterocycles. The van der Waals surface area contributed by atoms with Crippen molar-refractivity contribution >= 4 is 5.97 Å². The summed E-state index contributed by atoms with van der Waals surface area (Å²) in [6, 6.07) is 0. The van der Waals surface area contributed by atoms with E-state index in [0.717, 1.165) is 19.3 Å². The van der Waals surface area contributed by atoms with E-state index < -0.39 is 11.4 Å². The van der Waals surface area contributed by atoms with Gasteiger partial charge in [0.2, 0.25) is 0 Å². The van der Waals surface area contributed by atoms with Crippen molar-refractivity contribution in [3.8, 4) is 0 Å². The second-order valence-corrected chi connectivity index (χ2v) is 4.69. The predicted molar refractivity (Wildman–Crippen MR) is 56.8 cm³/mol. The summed E-state index contributed by atoms with van der Waals surface area (Å²) >= 11 is 0. The minimum Gasteiger partial charge on any atom is -0.550 e. The van der Waals surface area contributed by atoms with E-state index in [1.165, 1.54) is 25.7 Å². The molecule has 3 heteroatoms. The molecule has 2 nitrogen and oxygen atoms in total. The molecule has 15 heavy (non-hydrogen) atoms. The van der Waals surface area contributed by atoms with E-state index in [2.05, 4.69) is 6.92 Å². The first-order valence-electron chi connectivity index (χ1n) is 5.72. The third-order valence-electron chi connectivity index (χ3n) is 2.71. The zero-order valence-corrected chi connectivity index (χ0v) is 10.8. The van der Waals surface area contributed by atoms with Gasteiger partial charge in [-0.3, -0.25) is 0 Å². The summed E-state index contributed by atoms with van der Waals surface area (Å²) in [6.45, 7) is 5.68. The molecule has 0 aromatic heterocycles. The van der Waals surface area contributed by atoms with Gasteiger partial charge in [-0.05, 0) is 6.42 Å². The molecule has 0 aromatic rings. The van der Waals surface area contributed by atoms with Crippen molar-refractivity contribution in [1.29, 1.82) is 0 Å². The van der Waals surface area contributed by atoms with Crippen LogP contribution in [0.25, 0.3) is 0 Å². The summed E-state index contributed by atoms with van der Waals surface area (Å²) in [4.78, 5) is 10.7. The second kappa shape index (κ2) is 9.30. The second-order valence-electron chi connectivity index (χ2n) is 4.69. The average molecular weight is 206 g/mol. The van der Waals surface area contributed by atoms with Gasteiger partial charge < -0.3 is 9.90 Å². The number of carbonyl (C=O) groups is 1. The van der Waals surface area contributed by atoms with Crippen LogP contribution >= 0.6 is 0 Å². The number of carboxylic acids is 1. The molecule has 0 aromatic carbocycles. The standard InChI is InChI=1S/C12H24O2.Li/c1-4-5-6-7-8-9-10-12(2,3)11(13)14;/h4-10H2,1-3H3,(H,13,14);/q;+1/p-1. The van der Waals surface area contributed by atoms with Crippen LogP contribution in [0, 0.1) is 5.41 Å². The Hall–Kier alpha value is 0.0674. The van der Waals surface area contributed by atoms with E-state index in [9.17, 15) is 9.90 Å². The summed E-state index contributed by atoms with van der Waals surface area (Å²) in [7, 11) is 0. The van der Waals surface area contributed by atoms with Crippen molar-refractivity contribution in [1.82, 2.24) is 0 Å². The van der Waals surface area contributed by atoms with Gasteiger partial charge in [0, 0.05) is 11.4 Å².